The van der Waals surface area contributed by atoms with Gasteiger partial charge in [-0.15, -0.1) is 10.2 Å². The summed E-state index contributed by atoms with van der Waals surface area (Å²) in [6.45, 7) is 3.51. The van der Waals surface area contributed by atoms with Gasteiger partial charge in [-0.05, 0) is 32.0 Å². The molecule has 2 N–H and O–H groups in total. The van der Waals surface area contributed by atoms with Crippen molar-refractivity contribution in [3.05, 3.63) is 42.7 Å². The maximum absolute atomic E-state index is 12.1. The summed E-state index contributed by atoms with van der Waals surface area (Å²) in [5.41, 5.74) is 0.716. The molecule has 150 valence electrons. The fraction of sp³-hybridized carbons (Fsp3) is 0.333. The molecule has 11 nitrogen and oxygen atoms in total. The van der Waals surface area contributed by atoms with Gasteiger partial charge < -0.3 is 19.6 Å². The second-order valence-electron chi connectivity index (χ2n) is 6.55. The Kier molecular flexibility index (Phi) is 5.04. The summed E-state index contributed by atoms with van der Waals surface area (Å²) in [7, 11) is 0. The van der Waals surface area contributed by atoms with Crippen LogP contribution in [0.25, 0.3) is 11.5 Å². The number of anilines is 2. The first-order valence-electron chi connectivity index (χ1n) is 9.00. The molecule has 0 radical (unpaired) electrons. The van der Waals surface area contributed by atoms with Crippen molar-refractivity contribution >= 4 is 17.9 Å². The van der Waals surface area contributed by atoms with Crippen LogP contribution in [-0.2, 0) is 4.74 Å². The van der Waals surface area contributed by atoms with Crippen LogP contribution in [0.4, 0.5) is 16.6 Å². The number of cyclic esters (lactones) is 1. The Morgan fingerprint density at radius 1 is 1.28 bits per heavy atom. The number of ether oxygens (including phenoxy) is 1. The first-order chi connectivity index (χ1) is 14.0. The Labute approximate surface area is 165 Å². The van der Waals surface area contributed by atoms with Crippen LogP contribution in [0.1, 0.15) is 25.8 Å². The number of amides is 1. The van der Waals surface area contributed by atoms with E-state index in [1.807, 2.05) is 13.0 Å². The molecular weight excluding hydrogens is 378 g/mol. The van der Waals surface area contributed by atoms with Crippen LogP contribution in [-0.4, -0.2) is 55.1 Å². The first kappa shape index (κ1) is 18.7. The number of nitrogens with one attached hydrogen (secondary N) is 1. The Hall–Kier alpha value is -3.60. The molecule has 1 fully saturated rings. The molecule has 4 rings (SSSR count). The van der Waals surface area contributed by atoms with Crippen LogP contribution < -0.4 is 10.2 Å². The summed E-state index contributed by atoms with van der Waals surface area (Å²) in [6.07, 6.45) is 3.47. The second kappa shape index (κ2) is 7.80. The van der Waals surface area contributed by atoms with Gasteiger partial charge in [0.15, 0.2) is 0 Å². The lowest BCUT2D eigenvalue weighted by molar-refractivity contribution is 0.142. The quantitative estimate of drug-likeness (QED) is 0.633. The first-order valence-corrected chi connectivity index (χ1v) is 9.00. The average molecular weight is 397 g/mol. The number of rotatable bonds is 6. The zero-order chi connectivity index (χ0) is 20.4. The number of aliphatic hydroxyl groups is 1. The maximum Gasteiger partial charge on any atom is 0.416 e. The topological polar surface area (TPSA) is 139 Å². The highest BCUT2D eigenvalue weighted by Crippen LogP contribution is 2.25. The average Bonchev–Trinajstić information content (AvgIpc) is 3.36. The van der Waals surface area contributed by atoms with E-state index in [9.17, 15) is 9.90 Å². The molecule has 0 saturated carbocycles. The van der Waals surface area contributed by atoms with E-state index in [2.05, 4.69) is 30.5 Å². The molecule has 0 spiro atoms. The van der Waals surface area contributed by atoms with Gasteiger partial charge in [0.05, 0.1) is 11.7 Å². The van der Waals surface area contributed by atoms with Crippen LogP contribution in [0.3, 0.4) is 0 Å². The number of hydrogen-bond donors (Lipinski definition) is 2. The monoisotopic (exact) mass is 397 g/mol. The molecule has 29 heavy (non-hydrogen) atoms. The highest BCUT2D eigenvalue weighted by molar-refractivity contribution is 5.89. The van der Waals surface area contributed by atoms with Crippen LogP contribution >= 0.6 is 0 Å². The van der Waals surface area contributed by atoms with E-state index in [1.54, 1.807) is 31.5 Å². The third-order valence-electron chi connectivity index (χ3n) is 4.42. The molecule has 3 aromatic heterocycles. The van der Waals surface area contributed by atoms with E-state index in [0.29, 0.717) is 23.2 Å². The molecule has 4 heterocycles. The molecule has 1 saturated heterocycles. The molecule has 1 aliphatic rings. The van der Waals surface area contributed by atoms with E-state index >= 15 is 0 Å². The number of carbonyl (C=O) groups is 1. The Morgan fingerprint density at radius 3 is 2.90 bits per heavy atom. The number of pyridine rings is 1. The van der Waals surface area contributed by atoms with Gasteiger partial charge in [0.2, 0.25) is 17.7 Å². The van der Waals surface area contributed by atoms with Crippen molar-refractivity contribution in [2.45, 2.75) is 32.0 Å². The minimum atomic E-state index is -0.768. The van der Waals surface area contributed by atoms with E-state index in [1.165, 1.54) is 11.1 Å². The minimum Gasteiger partial charge on any atom is -0.447 e. The van der Waals surface area contributed by atoms with E-state index in [0.717, 1.165) is 0 Å². The predicted molar refractivity (Wildman–Crippen MR) is 101 cm³/mol. The molecular formula is C18H19N7O4. The largest absolute Gasteiger partial charge is 0.447 e. The zero-order valence-electron chi connectivity index (χ0n) is 15.8. The van der Waals surface area contributed by atoms with Gasteiger partial charge in [-0.2, -0.15) is 4.98 Å². The second-order valence-corrected chi connectivity index (χ2v) is 6.55. The summed E-state index contributed by atoms with van der Waals surface area (Å²) in [5.74, 6) is 1.29. The zero-order valence-corrected chi connectivity index (χ0v) is 15.8. The summed E-state index contributed by atoms with van der Waals surface area (Å²) < 4.78 is 10.7. The van der Waals surface area contributed by atoms with Crippen LogP contribution in [0, 0.1) is 0 Å². The van der Waals surface area contributed by atoms with Crippen molar-refractivity contribution in [2.24, 2.45) is 0 Å². The third-order valence-corrected chi connectivity index (χ3v) is 4.42. The molecule has 0 bridgehead atoms. The van der Waals surface area contributed by atoms with Gasteiger partial charge in [0, 0.05) is 18.6 Å². The summed E-state index contributed by atoms with van der Waals surface area (Å²) in [5, 5.41) is 21.1. The van der Waals surface area contributed by atoms with Crippen LogP contribution in [0.2, 0.25) is 0 Å². The molecule has 0 aromatic carbocycles. The Bertz CT molecular complexity index is 995. The van der Waals surface area contributed by atoms with Gasteiger partial charge in [0.25, 0.3) is 0 Å². The highest BCUT2D eigenvalue weighted by atomic mass is 16.6. The van der Waals surface area contributed by atoms with E-state index < -0.39 is 18.2 Å². The molecule has 11 heteroatoms. The van der Waals surface area contributed by atoms with Gasteiger partial charge >= 0.3 is 6.09 Å². The van der Waals surface area contributed by atoms with Crippen LogP contribution in [0.5, 0.6) is 0 Å². The minimum absolute atomic E-state index is 0.0960. The number of aromatic nitrogens is 5. The Balaban J connectivity index is 1.51. The normalized spacial score (nSPS) is 18.4. The number of hydrogen-bond acceptors (Lipinski definition) is 10. The van der Waals surface area contributed by atoms with Crippen molar-refractivity contribution in [1.29, 1.82) is 0 Å². The molecule has 3 aromatic rings. The highest BCUT2D eigenvalue weighted by Gasteiger charge is 2.38. The SMILES string of the molecule is C[C@H](Nc1nccc(N2C(=O)OC[C@@H]2[C@@H](C)O)n1)c1nnc(-c2cccnc2)o1. The standard InChI is InChI=1S/C18H19N7O4/c1-10(15-23-24-16(29-15)12-4-3-6-19-8-12)21-17-20-7-5-14(22-17)25-13(11(2)26)9-28-18(25)27/h3-8,10-11,13,26H,9H2,1-2H3,(H,20,21,22)/t10-,11+,13+/m0/s1. The Morgan fingerprint density at radius 2 is 2.14 bits per heavy atom. The van der Waals surface area contributed by atoms with Crippen molar-refractivity contribution in [3.63, 3.8) is 0 Å². The molecule has 0 unspecified atom stereocenters. The third kappa shape index (κ3) is 3.85. The predicted octanol–water partition coefficient (Wildman–Crippen LogP) is 1.80. The lowest BCUT2D eigenvalue weighted by Gasteiger charge is -2.22. The van der Waals surface area contributed by atoms with Crippen molar-refractivity contribution in [3.8, 4) is 11.5 Å². The summed E-state index contributed by atoms with van der Waals surface area (Å²) >= 11 is 0. The van der Waals surface area contributed by atoms with E-state index in [-0.39, 0.29) is 18.6 Å². The van der Waals surface area contributed by atoms with Crippen LogP contribution in [0.15, 0.2) is 41.2 Å². The van der Waals surface area contributed by atoms with Crippen molar-refractivity contribution < 1.29 is 19.1 Å². The van der Waals surface area contributed by atoms with Gasteiger partial charge in [-0.25, -0.2) is 9.78 Å². The fourth-order valence-corrected chi connectivity index (χ4v) is 2.88. The maximum atomic E-state index is 12.1. The van der Waals surface area contributed by atoms with E-state index in [4.69, 9.17) is 9.15 Å². The molecule has 3 atom stereocenters. The lowest BCUT2D eigenvalue weighted by Crippen LogP contribution is -2.41. The molecule has 1 amide bonds. The lowest BCUT2D eigenvalue weighted by atomic mass is 10.2. The number of nitrogens with zero attached hydrogens (tertiary/aromatic N) is 6. The summed E-state index contributed by atoms with van der Waals surface area (Å²) in [6, 6.07) is 4.28. The van der Waals surface area contributed by atoms with Crippen molar-refractivity contribution in [1.82, 2.24) is 25.1 Å². The number of aliphatic hydroxyl groups excluding tert-OH is 1. The fourth-order valence-electron chi connectivity index (χ4n) is 2.88. The molecule has 1 aliphatic heterocycles. The summed E-state index contributed by atoms with van der Waals surface area (Å²) in [4.78, 5) is 25.9. The van der Waals surface area contributed by atoms with Crippen molar-refractivity contribution in [2.75, 3.05) is 16.8 Å². The smallest absolute Gasteiger partial charge is 0.416 e. The van der Waals surface area contributed by atoms with Gasteiger partial charge in [-0.1, -0.05) is 0 Å². The van der Waals surface area contributed by atoms with Gasteiger partial charge in [-0.3, -0.25) is 9.88 Å². The number of carbonyl (C=O) groups excluding carboxylic acids is 1. The molecule has 0 aliphatic carbocycles. The van der Waals surface area contributed by atoms with Gasteiger partial charge in [0.1, 0.15) is 24.5 Å².